The maximum Gasteiger partial charge on any atom is 0.317 e. The van der Waals surface area contributed by atoms with Crippen molar-refractivity contribution in [3.8, 4) is 0 Å². The molecule has 1 saturated carbocycles. The molecular weight excluding hydrogens is 316 g/mol. The molecule has 1 saturated heterocycles. The summed E-state index contributed by atoms with van der Waals surface area (Å²) < 4.78 is 5.80. The predicted molar refractivity (Wildman–Crippen MR) is 95.4 cm³/mol. The average molecular weight is 344 g/mol. The van der Waals surface area contributed by atoms with Gasteiger partial charge in [0.1, 0.15) is 0 Å². The molecule has 3 aliphatic rings. The minimum Gasteiger partial charge on any atom is -0.392 e. The summed E-state index contributed by atoms with van der Waals surface area (Å²) in [5.41, 5.74) is 2.57. The molecule has 2 amide bonds. The molecule has 1 aromatic carbocycles. The highest BCUT2D eigenvalue weighted by Crippen LogP contribution is 2.50. The van der Waals surface area contributed by atoms with Crippen molar-refractivity contribution in [3.05, 3.63) is 35.4 Å². The average Bonchev–Trinajstić information content (AvgIpc) is 3.04. The Morgan fingerprint density at radius 3 is 2.48 bits per heavy atom. The van der Waals surface area contributed by atoms with Gasteiger partial charge in [-0.25, -0.2) is 4.79 Å². The van der Waals surface area contributed by atoms with Crippen LogP contribution in [-0.4, -0.2) is 54.0 Å². The van der Waals surface area contributed by atoms with Crippen molar-refractivity contribution in [3.63, 3.8) is 0 Å². The Morgan fingerprint density at radius 1 is 1.28 bits per heavy atom. The minimum absolute atomic E-state index is 0.0365. The Balaban J connectivity index is 1.30. The van der Waals surface area contributed by atoms with Crippen LogP contribution >= 0.6 is 0 Å². The summed E-state index contributed by atoms with van der Waals surface area (Å²) >= 11 is 0. The van der Waals surface area contributed by atoms with Crippen LogP contribution in [-0.2, 0) is 17.6 Å². The first-order valence-corrected chi connectivity index (χ1v) is 9.54. The molecule has 1 spiro atoms. The smallest absolute Gasteiger partial charge is 0.317 e. The van der Waals surface area contributed by atoms with Crippen molar-refractivity contribution in [1.82, 2.24) is 10.2 Å². The third-order valence-electron chi connectivity index (χ3n) is 6.47. The molecule has 0 aromatic heterocycles. The first-order valence-electron chi connectivity index (χ1n) is 9.54. The Bertz CT molecular complexity index is 613. The second kappa shape index (κ2) is 6.61. The van der Waals surface area contributed by atoms with Crippen molar-refractivity contribution in [2.75, 3.05) is 19.7 Å². The van der Waals surface area contributed by atoms with Gasteiger partial charge in [0.15, 0.2) is 0 Å². The normalized spacial score (nSPS) is 27.8. The molecule has 0 radical (unpaired) electrons. The van der Waals surface area contributed by atoms with E-state index in [1.807, 2.05) is 11.8 Å². The van der Waals surface area contributed by atoms with Crippen molar-refractivity contribution < 1.29 is 14.6 Å². The highest BCUT2D eigenvalue weighted by Gasteiger charge is 2.56. The second-order valence-electron chi connectivity index (χ2n) is 7.74. The van der Waals surface area contributed by atoms with Gasteiger partial charge in [0.25, 0.3) is 0 Å². The van der Waals surface area contributed by atoms with Crippen LogP contribution in [0.2, 0.25) is 0 Å². The maximum absolute atomic E-state index is 12.6. The summed E-state index contributed by atoms with van der Waals surface area (Å²) in [5, 5.41) is 13.5. The molecule has 4 rings (SSSR count). The van der Waals surface area contributed by atoms with Crippen molar-refractivity contribution in [2.45, 2.75) is 57.3 Å². The lowest BCUT2D eigenvalue weighted by molar-refractivity contribution is -0.207. The van der Waals surface area contributed by atoms with E-state index in [0.29, 0.717) is 19.7 Å². The number of rotatable bonds is 3. The molecule has 2 fully saturated rings. The van der Waals surface area contributed by atoms with Gasteiger partial charge in [-0.2, -0.15) is 0 Å². The summed E-state index contributed by atoms with van der Waals surface area (Å²) in [7, 11) is 0. The molecule has 5 nitrogen and oxygen atoms in total. The van der Waals surface area contributed by atoms with Crippen molar-refractivity contribution >= 4 is 6.03 Å². The van der Waals surface area contributed by atoms with E-state index in [0.717, 1.165) is 32.1 Å². The van der Waals surface area contributed by atoms with E-state index in [-0.39, 0.29) is 29.7 Å². The van der Waals surface area contributed by atoms with Crippen molar-refractivity contribution in [1.29, 1.82) is 0 Å². The van der Waals surface area contributed by atoms with E-state index >= 15 is 0 Å². The van der Waals surface area contributed by atoms with E-state index in [9.17, 15) is 9.90 Å². The summed E-state index contributed by atoms with van der Waals surface area (Å²) in [6.07, 6.45) is 4.12. The van der Waals surface area contributed by atoms with E-state index in [1.165, 1.54) is 11.1 Å². The second-order valence-corrected chi connectivity index (χ2v) is 7.74. The van der Waals surface area contributed by atoms with Crippen LogP contribution in [0.25, 0.3) is 0 Å². The van der Waals surface area contributed by atoms with Gasteiger partial charge >= 0.3 is 6.03 Å². The number of benzene rings is 1. The van der Waals surface area contributed by atoms with Crippen LogP contribution in [0.3, 0.4) is 0 Å². The number of hydrogen-bond acceptors (Lipinski definition) is 3. The highest BCUT2D eigenvalue weighted by atomic mass is 16.5. The fourth-order valence-electron chi connectivity index (χ4n) is 4.87. The lowest BCUT2D eigenvalue weighted by Crippen LogP contribution is -2.63. The fourth-order valence-corrected chi connectivity index (χ4v) is 4.87. The Morgan fingerprint density at radius 2 is 1.92 bits per heavy atom. The van der Waals surface area contributed by atoms with Gasteiger partial charge in [-0.05, 0) is 43.7 Å². The number of carbonyl (C=O) groups is 1. The number of nitrogens with zero attached hydrogens (tertiary/aromatic N) is 1. The Labute approximate surface area is 149 Å². The zero-order valence-electron chi connectivity index (χ0n) is 14.9. The number of fused-ring (bicyclic) bond motifs is 1. The van der Waals surface area contributed by atoms with Gasteiger partial charge in [0, 0.05) is 37.6 Å². The number of likely N-dealkylation sites (tertiary alicyclic amines) is 1. The van der Waals surface area contributed by atoms with Gasteiger partial charge in [-0.3, -0.25) is 0 Å². The molecule has 136 valence electrons. The van der Waals surface area contributed by atoms with Gasteiger partial charge in [0.05, 0.1) is 12.2 Å². The predicted octanol–water partition coefficient (Wildman–Crippen LogP) is 2.12. The van der Waals surface area contributed by atoms with Gasteiger partial charge in [-0.1, -0.05) is 24.3 Å². The minimum atomic E-state index is -0.279. The molecule has 0 unspecified atom stereocenters. The van der Waals surface area contributed by atoms with Crippen LogP contribution < -0.4 is 5.32 Å². The number of carbonyl (C=O) groups excluding carboxylic acids is 1. The molecule has 1 aliphatic heterocycles. The number of ether oxygens (including phenoxy) is 1. The zero-order valence-corrected chi connectivity index (χ0v) is 14.9. The van der Waals surface area contributed by atoms with Gasteiger partial charge < -0.3 is 20.1 Å². The van der Waals surface area contributed by atoms with Crippen LogP contribution in [0, 0.1) is 5.41 Å². The number of amides is 2. The molecule has 2 atom stereocenters. The molecule has 0 bridgehead atoms. The molecule has 1 heterocycles. The number of piperidine rings is 1. The summed E-state index contributed by atoms with van der Waals surface area (Å²) in [4.78, 5) is 14.5. The first-order chi connectivity index (χ1) is 12.1. The molecule has 1 aromatic rings. The van der Waals surface area contributed by atoms with Gasteiger partial charge in [-0.15, -0.1) is 0 Å². The summed E-state index contributed by atoms with van der Waals surface area (Å²) in [6, 6.07) is 8.66. The maximum atomic E-state index is 12.6. The van der Waals surface area contributed by atoms with Crippen LogP contribution in [0.5, 0.6) is 0 Å². The Hall–Kier alpha value is -1.59. The van der Waals surface area contributed by atoms with E-state index in [2.05, 4.69) is 29.6 Å². The van der Waals surface area contributed by atoms with Crippen molar-refractivity contribution in [2.24, 2.45) is 5.41 Å². The van der Waals surface area contributed by atoms with Crippen LogP contribution in [0.15, 0.2) is 24.3 Å². The quantitative estimate of drug-likeness (QED) is 0.883. The SMILES string of the molecule is CCO[C@@H]1C[C@@H](O)C12CCN(C(=O)NC1Cc3ccccc3C1)CC2. The van der Waals surface area contributed by atoms with Gasteiger partial charge in [0.2, 0.25) is 0 Å². The molecule has 25 heavy (non-hydrogen) atoms. The number of aliphatic hydroxyl groups excluding tert-OH is 1. The number of aliphatic hydroxyl groups is 1. The zero-order chi connectivity index (χ0) is 17.4. The fraction of sp³-hybridized carbons (Fsp3) is 0.650. The number of nitrogens with one attached hydrogen (secondary N) is 1. The Kier molecular flexibility index (Phi) is 4.46. The molecule has 2 N–H and O–H groups in total. The molecular formula is C20H28N2O3. The van der Waals surface area contributed by atoms with Crippen LogP contribution in [0.4, 0.5) is 4.79 Å². The van der Waals surface area contributed by atoms with E-state index in [4.69, 9.17) is 4.74 Å². The highest BCUT2D eigenvalue weighted by molar-refractivity contribution is 5.75. The summed E-state index contributed by atoms with van der Waals surface area (Å²) in [5.74, 6) is 0. The van der Waals surface area contributed by atoms with E-state index in [1.54, 1.807) is 0 Å². The van der Waals surface area contributed by atoms with Crippen LogP contribution in [0.1, 0.15) is 37.3 Å². The first kappa shape index (κ1) is 16.9. The molecule has 5 heteroatoms. The monoisotopic (exact) mass is 344 g/mol. The third kappa shape index (κ3) is 2.93. The lowest BCUT2D eigenvalue weighted by Gasteiger charge is -2.56. The standard InChI is InChI=1S/C20H28N2O3/c1-2-25-18-13-17(23)20(18)7-9-22(10-8-20)19(24)21-16-11-14-5-3-4-6-15(14)12-16/h3-6,16-18,23H,2,7-13H2,1H3,(H,21,24)/t17-,18-/m1/s1. The lowest BCUT2D eigenvalue weighted by atomic mass is 9.58. The van der Waals surface area contributed by atoms with E-state index < -0.39 is 0 Å². The number of hydrogen-bond donors (Lipinski definition) is 2. The largest absolute Gasteiger partial charge is 0.392 e. The topological polar surface area (TPSA) is 61.8 Å². The summed E-state index contributed by atoms with van der Waals surface area (Å²) in [6.45, 7) is 4.09. The number of urea groups is 1. The molecule has 2 aliphatic carbocycles. The third-order valence-corrected chi connectivity index (χ3v) is 6.47.